The number of benzene rings is 1. The van der Waals surface area contributed by atoms with Crippen LogP contribution in [0.1, 0.15) is 11.5 Å². The number of fused-ring (bicyclic) bond motifs is 1. The van der Waals surface area contributed by atoms with E-state index < -0.39 is 17.9 Å². The number of carbonyl (C=O) groups is 2. The highest BCUT2D eigenvalue weighted by Gasteiger charge is 2.31. The van der Waals surface area contributed by atoms with Crippen LogP contribution in [0, 0.1) is 0 Å². The number of aromatic nitrogens is 1. The van der Waals surface area contributed by atoms with Gasteiger partial charge in [0.25, 0.3) is 0 Å². The van der Waals surface area contributed by atoms with Gasteiger partial charge in [-0.15, -0.1) is 0 Å². The molecule has 1 N–H and O–H groups in total. The molecule has 0 aliphatic rings. The second kappa shape index (κ2) is 4.91. The number of aromatic amines is 1. The van der Waals surface area contributed by atoms with Crippen LogP contribution in [0.2, 0.25) is 0 Å². The number of methoxy groups -OCH3 is 2. The van der Waals surface area contributed by atoms with E-state index >= 15 is 0 Å². The Labute approximate surface area is 104 Å². The van der Waals surface area contributed by atoms with Crippen LogP contribution < -0.4 is 0 Å². The van der Waals surface area contributed by atoms with Gasteiger partial charge in [0.2, 0.25) is 0 Å². The lowest BCUT2D eigenvalue weighted by Gasteiger charge is -2.13. The summed E-state index contributed by atoms with van der Waals surface area (Å²) in [5.41, 5.74) is 1.43. The Morgan fingerprint density at radius 1 is 1.11 bits per heavy atom. The van der Waals surface area contributed by atoms with E-state index in [-0.39, 0.29) is 0 Å². The minimum Gasteiger partial charge on any atom is -0.468 e. The fourth-order valence-corrected chi connectivity index (χ4v) is 1.95. The first-order chi connectivity index (χ1) is 8.69. The van der Waals surface area contributed by atoms with Crippen molar-refractivity contribution in [3.05, 3.63) is 36.0 Å². The Balaban J connectivity index is 2.57. The van der Waals surface area contributed by atoms with Gasteiger partial charge in [-0.05, 0) is 17.7 Å². The summed E-state index contributed by atoms with van der Waals surface area (Å²) in [6.45, 7) is 0. The van der Waals surface area contributed by atoms with Crippen LogP contribution in [0.5, 0.6) is 0 Å². The zero-order chi connectivity index (χ0) is 13.1. The number of carbonyl (C=O) groups excluding carboxylic acids is 2. The Morgan fingerprint density at radius 3 is 2.39 bits per heavy atom. The molecule has 1 heterocycles. The minimum atomic E-state index is -1.06. The largest absolute Gasteiger partial charge is 0.468 e. The molecule has 2 aromatic rings. The fourth-order valence-electron chi connectivity index (χ4n) is 1.95. The minimum absolute atomic E-state index is 0.576. The molecule has 5 nitrogen and oxygen atoms in total. The summed E-state index contributed by atoms with van der Waals surface area (Å²) >= 11 is 0. The standard InChI is InChI=1S/C13H13NO4/c1-17-12(15)11(13(16)18-2)9-4-3-5-10-8(9)6-7-14-10/h3-7,11,14H,1-2H3. The number of hydrogen-bond acceptors (Lipinski definition) is 4. The van der Waals surface area contributed by atoms with Gasteiger partial charge in [-0.1, -0.05) is 12.1 Å². The Hall–Kier alpha value is -2.30. The van der Waals surface area contributed by atoms with E-state index in [0.717, 1.165) is 10.9 Å². The zero-order valence-electron chi connectivity index (χ0n) is 10.1. The summed E-state index contributed by atoms with van der Waals surface area (Å²) in [5.74, 6) is -2.31. The van der Waals surface area contributed by atoms with Crippen molar-refractivity contribution >= 4 is 22.8 Å². The van der Waals surface area contributed by atoms with Crippen molar-refractivity contribution < 1.29 is 19.1 Å². The molecule has 0 saturated carbocycles. The molecular formula is C13H13NO4. The van der Waals surface area contributed by atoms with Crippen molar-refractivity contribution in [1.29, 1.82) is 0 Å². The second-order valence-electron chi connectivity index (χ2n) is 3.77. The van der Waals surface area contributed by atoms with Gasteiger partial charge < -0.3 is 14.5 Å². The monoisotopic (exact) mass is 247 g/mol. The lowest BCUT2D eigenvalue weighted by atomic mass is 9.96. The molecule has 0 radical (unpaired) electrons. The van der Waals surface area contributed by atoms with E-state index in [2.05, 4.69) is 14.5 Å². The zero-order valence-corrected chi connectivity index (χ0v) is 10.1. The number of H-pyrrole nitrogens is 1. The van der Waals surface area contributed by atoms with Crippen LogP contribution in [0.4, 0.5) is 0 Å². The third-order valence-corrected chi connectivity index (χ3v) is 2.81. The predicted molar refractivity (Wildman–Crippen MR) is 65.1 cm³/mol. The molecule has 18 heavy (non-hydrogen) atoms. The number of hydrogen-bond donors (Lipinski definition) is 1. The SMILES string of the molecule is COC(=O)C(C(=O)OC)c1cccc2[nH]ccc12. The first-order valence-corrected chi connectivity index (χ1v) is 5.40. The second-order valence-corrected chi connectivity index (χ2v) is 3.77. The van der Waals surface area contributed by atoms with Crippen molar-refractivity contribution in [2.45, 2.75) is 5.92 Å². The molecule has 0 saturated heterocycles. The maximum atomic E-state index is 11.7. The summed E-state index contributed by atoms with van der Waals surface area (Å²) < 4.78 is 9.33. The highest BCUT2D eigenvalue weighted by molar-refractivity contribution is 6.04. The number of ether oxygens (including phenoxy) is 2. The maximum Gasteiger partial charge on any atom is 0.324 e. The Morgan fingerprint density at radius 2 is 1.78 bits per heavy atom. The molecule has 94 valence electrons. The molecule has 0 spiro atoms. The molecule has 2 rings (SSSR count). The molecule has 0 aliphatic carbocycles. The van der Waals surface area contributed by atoms with Gasteiger partial charge >= 0.3 is 11.9 Å². The summed E-state index contributed by atoms with van der Waals surface area (Å²) in [6.07, 6.45) is 1.75. The summed E-state index contributed by atoms with van der Waals surface area (Å²) in [6, 6.07) is 7.16. The van der Waals surface area contributed by atoms with Crippen molar-refractivity contribution in [3.8, 4) is 0 Å². The molecule has 1 aromatic heterocycles. The average molecular weight is 247 g/mol. The summed E-state index contributed by atoms with van der Waals surface area (Å²) in [4.78, 5) is 26.5. The Bertz CT molecular complexity index is 571. The lowest BCUT2D eigenvalue weighted by Crippen LogP contribution is -2.24. The van der Waals surface area contributed by atoms with Gasteiger partial charge in [0.15, 0.2) is 5.92 Å². The van der Waals surface area contributed by atoms with Gasteiger partial charge in [0, 0.05) is 17.1 Å². The molecule has 1 aromatic carbocycles. The number of esters is 2. The van der Waals surface area contributed by atoms with Crippen LogP contribution in [-0.4, -0.2) is 31.1 Å². The van der Waals surface area contributed by atoms with Crippen LogP contribution in [0.15, 0.2) is 30.5 Å². The van der Waals surface area contributed by atoms with Crippen molar-refractivity contribution in [1.82, 2.24) is 4.98 Å². The third kappa shape index (κ3) is 1.95. The molecule has 0 amide bonds. The summed E-state index contributed by atoms with van der Waals surface area (Å²) in [7, 11) is 2.49. The van der Waals surface area contributed by atoms with E-state index in [9.17, 15) is 9.59 Å². The predicted octanol–water partition coefficient (Wildman–Crippen LogP) is 1.60. The maximum absolute atomic E-state index is 11.7. The fraction of sp³-hybridized carbons (Fsp3) is 0.231. The average Bonchev–Trinajstić information content (AvgIpc) is 2.87. The van der Waals surface area contributed by atoms with E-state index in [1.54, 1.807) is 18.3 Å². The first kappa shape index (κ1) is 12.2. The molecule has 0 aliphatic heterocycles. The molecule has 0 atom stereocenters. The quantitative estimate of drug-likeness (QED) is 0.660. The molecular weight excluding hydrogens is 234 g/mol. The molecule has 5 heteroatoms. The topological polar surface area (TPSA) is 68.4 Å². The summed E-state index contributed by atoms with van der Waals surface area (Å²) in [5, 5.41) is 0.804. The lowest BCUT2D eigenvalue weighted by molar-refractivity contribution is -0.154. The van der Waals surface area contributed by atoms with Crippen molar-refractivity contribution in [2.24, 2.45) is 0 Å². The van der Waals surface area contributed by atoms with E-state index in [1.165, 1.54) is 14.2 Å². The van der Waals surface area contributed by atoms with Gasteiger partial charge in [0.05, 0.1) is 14.2 Å². The van der Waals surface area contributed by atoms with Gasteiger partial charge in [-0.2, -0.15) is 0 Å². The highest BCUT2D eigenvalue weighted by Crippen LogP contribution is 2.27. The van der Waals surface area contributed by atoms with Gasteiger partial charge in [0.1, 0.15) is 0 Å². The van der Waals surface area contributed by atoms with Crippen LogP contribution in [0.3, 0.4) is 0 Å². The van der Waals surface area contributed by atoms with Crippen LogP contribution >= 0.6 is 0 Å². The normalized spacial score (nSPS) is 10.6. The molecule has 0 fully saturated rings. The highest BCUT2D eigenvalue weighted by atomic mass is 16.5. The van der Waals surface area contributed by atoms with Crippen LogP contribution in [0.25, 0.3) is 10.9 Å². The van der Waals surface area contributed by atoms with E-state index in [1.807, 2.05) is 12.1 Å². The smallest absolute Gasteiger partial charge is 0.324 e. The number of rotatable bonds is 3. The van der Waals surface area contributed by atoms with Gasteiger partial charge in [-0.25, -0.2) is 0 Å². The third-order valence-electron chi connectivity index (χ3n) is 2.81. The van der Waals surface area contributed by atoms with E-state index in [4.69, 9.17) is 0 Å². The molecule has 0 unspecified atom stereocenters. The van der Waals surface area contributed by atoms with Gasteiger partial charge in [-0.3, -0.25) is 9.59 Å². The molecule has 0 bridgehead atoms. The number of nitrogens with one attached hydrogen (secondary N) is 1. The van der Waals surface area contributed by atoms with Crippen molar-refractivity contribution in [3.63, 3.8) is 0 Å². The Kier molecular flexibility index (Phi) is 3.32. The van der Waals surface area contributed by atoms with E-state index in [0.29, 0.717) is 5.56 Å². The van der Waals surface area contributed by atoms with Crippen molar-refractivity contribution in [2.75, 3.05) is 14.2 Å². The van der Waals surface area contributed by atoms with Crippen LogP contribution in [-0.2, 0) is 19.1 Å². The first-order valence-electron chi connectivity index (χ1n) is 5.40.